The summed E-state index contributed by atoms with van der Waals surface area (Å²) in [5.74, 6) is -0.525. The van der Waals surface area contributed by atoms with Gasteiger partial charge >= 0.3 is 5.97 Å². The van der Waals surface area contributed by atoms with Gasteiger partial charge in [-0.25, -0.2) is 0 Å². The van der Waals surface area contributed by atoms with Gasteiger partial charge in [0.25, 0.3) is 0 Å². The van der Waals surface area contributed by atoms with Gasteiger partial charge in [0, 0.05) is 6.04 Å². The van der Waals surface area contributed by atoms with Crippen LogP contribution in [0.1, 0.15) is 44.4 Å². The molecule has 4 nitrogen and oxygen atoms in total. The first-order chi connectivity index (χ1) is 8.93. The summed E-state index contributed by atoms with van der Waals surface area (Å²) >= 11 is 0. The Morgan fingerprint density at radius 2 is 2.11 bits per heavy atom. The second-order valence-corrected chi connectivity index (χ2v) is 5.15. The summed E-state index contributed by atoms with van der Waals surface area (Å²) in [6.45, 7) is 5.91. The van der Waals surface area contributed by atoms with Gasteiger partial charge in [0.05, 0.1) is 11.6 Å². The zero-order chi connectivity index (χ0) is 14.4. The maximum Gasteiger partial charge on any atom is 0.320 e. The number of nitriles is 1. The highest BCUT2D eigenvalue weighted by Gasteiger charge is 2.21. The highest BCUT2D eigenvalue weighted by Crippen LogP contribution is 2.16. The summed E-state index contributed by atoms with van der Waals surface area (Å²) in [6.07, 6.45) is 0.581. The van der Waals surface area contributed by atoms with Gasteiger partial charge in [0.15, 0.2) is 0 Å². The fourth-order valence-corrected chi connectivity index (χ4v) is 1.99. The molecule has 0 saturated carbocycles. The maximum absolute atomic E-state index is 11.2. The standard InChI is InChI=1S/C15H20N2O2/c1-10(2)7-14(15(18)19)17-11(3)13-6-4-5-12(8-13)9-16/h4-6,8,10-11,14,17H,7H2,1-3H3,(H,18,19). The van der Waals surface area contributed by atoms with Crippen molar-refractivity contribution in [1.29, 1.82) is 5.26 Å². The molecule has 0 amide bonds. The van der Waals surface area contributed by atoms with Crippen LogP contribution in [0.25, 0.3) is 0 Å². The molecule has 1 aromatic carbocycles. The number of carboxylic acid groups (broad SMARTS) is 1. The monoisotopic (exact) mass is 260 g/mol. The molecule has 102 valence electrons. The summed E-state index contributed by atoms with van der Waals surface area (Å²) in [7, 11) is 0. The third-order valence-corrected chi connectivity index (χ3v) is 2.97. The maximum atomic E-state index is 11.2. The van der Waals surface area contributed by atoms with Crippen LogP contribution < -0.4 is 5.32 Å². The molecule has 0 radical (unpaired) electrons. The highest BCUT2D eigenvalue weighted by molar-refractivity contribution is 5.73. The van der Waals surface area contributed by atoms with Gasteiger partial charge in [0.1, 0.15) is 6.04 Å². The molecule has 19 heavy (non-hydrogen) atoms. The predicted octanol–water partition coefficient (Wildman–Crippen LogP) is 2.71. The first-order valence-corrected chi connectivity index (χ1v) is 6.43. The number of carbonyl (C=O) groups is 1. The molecule has 0 heterocycles. The molecule has 0 fully saturated rings. The van der Waals surface area contributed by atoms with Crippen molar-refractivity contribution < 1.29 is 9.90 Å². The molecule has 0 aliphatic rings. The number of hydrogen-bond donors (Lipinski definition) is 2. The lowest BCUT2D eigenvalue weighted by molar-refractivity contribution is -0.140. The highest BCUT2D eigenvalue weighted by atomic mass is 16.4. The topological polar surface area (TPSA) is 73.1 Å². The number of benzene rings is 1. The van der Waals surface area contributed by atoms with E-state index in [0.29, 0.717) is 17.9 Å². The zero-order valence-electron chi connectivity index (χ0n) is 11.6. The minimum Gasteiger partial charge on any atom is -0.480 e. The Hall–Kier alpha value is -1.86. The van der Waals surface area contributed by atoms with E-state index >= 15 is 0 Å². The van der Waals surface area contributed by atoms with E-state index in [1.165, 1.54) is 0 Å². The van der Waals surface area contributed by atoms with Crippen LogP contribution in [0, 0.1) is 17.2 Å². The quantitative estimate of drug-likeness (QED) is 0.824. The lowest BCUT2D eigenvalue weighted by Gasteiger charge is -2.22. The van der Waals surface area contributed by atoms with Gasteiger partial charge in [-0.2, -0.15) is 5.26 Å². The molecule has 0 bridgehead atoms. The number of nitrogens with one attached hydrogen (secondary N) is 1. The smallest absolute Gasteiger partial charge is 0.320 e. The lowest BCUT2D eigenvalue weighted by Crippen LogP contribution is -2.39. The van der Waals surface area contributed by atoms with E-state index in [1.807, 2.05) is 32.9 Å². The summed E-state index contributed by atoms with van der Waals surface area (Å²) in [4.78, 5) is 11.2. The van der Waals surface area contributed by atoms with Crippen LogP contribution in [0.5, 0.6) is 0 Å². The minimum absolute atomic E-state index is 0.104. The first-order valence-electron chi connectivity index (χ1n) is 6.43. The fraction of sp³-hybridized carbons (Fsp3) is 0.467. The van der Waals surface area contributed by atoms with E-state index in [9.17, 15) is 9.90 Å². The summed E-state index contributed by atoms with van der Waals surface area (Å²) in [5, 5.41) is 21.2. The minimum atomic E-state index is -0.836. The molecule has 0 spiro atoms. The number of rotatable bonds is 6. The normalized spacial score (nSPS) is 13.8. The third kappa shape index (κ3) is 4.72. The van der Waals surface area contributed by atoms with Gasteiger partial charge in [0.2, 0.25) is 0 Å². The second kappa shape index (κ2) is 6.91. The summed E-state index contributed by atoms with van der Waals surface area (Å²) < 4.78 is 0. The average molecular weight is 260 g/mol. The Balaban J connectivity index is 2.78. The number of hydrogen-bond acceptors (Lipinski definition) is 3. The number of aliphatic carboxylic acids is 1. The molecule has 0 saturated heterocycles. The molecule has 1 rings (SSSR count). The predicted molar refractivity (Wildman–Crippen MR) is 73.6 cm³/mol. The Kier molecular flexibility index (Phi) is 5.53. The van der Waals surface area contributed by atoms with Crippen LogP contribution >= 0.6 is 0 Å². The molecule has 2 unspecified atom stereocenters. The van der Waals surface area contributed by atoms with Crippen molar-refractivity contribution in [3.05, 3.63) is 35.4 Å². The fourth-order valence-electron chi connectivity index (χ4n) is 1.99. The van der Waals surface area contributed by atoms with Crippen LogP contribution in [0.4, 0.5) is 0 Å². The molecular weight excluding hydrogens is 240 g/mol. The molecule has 2 atom stereocenters. The molecule has 2 N–H and O–H groups in total. The number of nitrogens with zero attached hydrogens (tertiary/aromatic N) is 1. The SMILES string of the molecule is CC(C)CC(NC(C)c1cccc(C#N)c1)C(=O)O. The van der Waals surface area contributed by atoms with Gasteiger partial charge in [-0.15, -0.1) is 0 Å². The van der Waals surface area contributed by atoms with Crippen molar-refractivity contribution in [2.24, 2.45) is 5.92 Å². The van der Waals surface area contributed by atoms with Crippen molar-refractivity contribution >= 4 is 5.97 Å². The van der Waals surface area contributed by atoms with E-state index < -0.39 is 12.0 Å². The molecule has 0 aromatic heterocycles. The lowest BCUT2D eigenvalue weighted by atomic mass is 10.0. The Morgan fingerprint density at radius 1 is 1.42 bits per heavy atom. The number of carboxylic acids is 1. The van der Waals surface area contributed by atoms with Crippen LogP contribution in [-0.4, -0.2) is 17.1 Å². The summed E-state index contributed by atoms with van der Waals surface area (Å²) in [5.41, 5.74) is 1.51. The van der Waals surface area contributed by atoms with Crippen molar-refractivity contribution in [1.82, 2.24) is 5.32 Å². The molecular formula is C15H20N2O2. The molecule has 0 aliphatic carbocycles. The molecule has 4 heteroatoms. The average Bonchev–Trinajstić information content (AvgIpc) is 2.37. The van der Waals surface area contributed by atoms with Crippen LogP contribution in [-0.2, 0) is 4.79 Å². The Bertz CT molecular complexity index is 477. The van der Waals surface area contributed by atoms with E-state index in [1.54, 1.807) is 12.1 Å². The van der Waals surface area contributed by atoms with Crippen LogP contribution in [0.2, 0.25) is 0 Å². The van der Waals surface area contributed by atoms with Crippen molar-refractivity contribution in [3.8, 4) is 6.07 Å². The van der Waals surface area contributed by atoms with E-state index in [4.69, 9.17) is 5.26 Å². The van der Waals surface area contributed by atoms with Gasteiger partial charge in [-0.1, -0.05) is 26.0 Å². The second-order valence-electron chi connectivity index (χ2n) is 5.15. The van der Waals surface area contributed by atoms with Gasteiger partial charge in [-0.3, -0.25) is 10.1 Å². The zero-order valence-corrected chi connectivity index (χ0v) is 11.6. The third-order valence-electron chi connectivity index (χ3n) is 2.97. The van der Waals surface area contributed by atoms with Crippen molar-refractivity contribution in [2.75, 3.05) is 0 Å². The first kappa shape index (κ1) is 15.2. The van der Waals surface area contributed by atoms with Crippen LogP contribution in [0.3, 0.4) is 0 Å². The van der Waals surface area contributed by atoms with Crippen molar-refractivity contribution in [3.63, 3.8) is 0 Å². The largest absolute Gasteiger partial charge is 0.480 e. The van der Waals surface area contributed by atoms with Gasteiger partial charge < -0.3 is 5.11 Å². The van der Waals surface area contributed by atoms with Crippen LogP contribution in [0.15, 0.2) is 24.3 Å². The van der Waals surface area contributed by atoms with Crippen molar-refractivity contribution in [2.45, 2.75) is 39.3 Å². The van der Waals surface area contributed by atoms with E-state index in [-0.39, 0.29) is 6.04 Å². The Morgan fingerprint density at radius 3 is 2.63 bits per heavy atom. The van der Waals surface area contributed by atoms with Gasteiger partial charge in [-0.05, 0) is 37.0 Å². The molecule has 0 aliphatic heterocycles. The molecule has 1 aromatic rings. The summed E-state index contributed by atoms with van der Waals surface area (Å²) in [6, 6.07) is 8.64. The van der Waals surface area contributed by atoms with E-state index in [0.717, 1.165) is 5.56 Å². The van der Waals surface area contributed by atoms with E-state index in [2.05, 4.69) is 11.4 Å². The Labute approximate surface area is 114 Å².